The van der Waals surface area contributed by atoms with Crippen molar-refractivity contribution in [3.63, 3.8) is 0 Å². The summed E-state index contributed by atoms with van der Waals surface area (Å²) in [6.45, 7) is 2.10. The van der Waals surface area contributed by atoms with E-state index in [-0.39, 0.29) is 30.6 Å². The zero-order chi connectivity index (χ0) is 23.9. The van der Waals surface area contributed by atoms with E-state index >= 15 is 0 Å². The Labute approximate surface area is 197 Å². The fourth-order valence-electron chi connectivity index (χ4n) is 3.53. The molecule has 1 heterocycles. The Morgan fingerprint density at radius 3 is 2.62 bits per heavy atom. The van der Waals surface area contributed by atoms with Gasteiger partial charge >= 0.3 is 0 Å². The molecule has 0 unspecified atom stereocenters. The number of rotatable bonds is 9. The van der Waals surface area contributed by atoms with Crippen molar-refractivity contribution in [3.8, 4) is 11.5 Å². The van der Waals surface area contributed by atoms with Gasteiger partial charge in [-0.3, -0.25) is 14.4 Å². The van der Waals surface area contributed by atoms with Crippen LogP contribution in [-0.2, 0) is 16.0 Å². The van der Waals surface area contributed by atoms with Gasteiger partial charge in [-0.15, -0.1) is 0 Å². The molecule has 0 saturated heterocycles. The van der Waals surface area contributed by atoms with E-state index in [4.69, 9.17) is 9.47 Å². The van der Waals surface area contributed by atoms with E-state index < -0.39 is 0 Å². The van der Waals surface area contributed by atoms with E-state index in [1.807, 2.05) is 25.1 Å². The maximum Gasteiger partial charge on any atom is 0.262 e. The van der Waals surface area contributed by atoms with Crippen molar-refractivity contribution in [3.05, 3.63) is 89.5 Å². The Balaban J connectivity index is 1.41. The fourth-order valence-corrected chi connectivity index (χ4v) is 3.53. The Bertz CT molecular complexity index is 1250. The number of carbonyl (C=O) groups is 3. The number of anilines is 2. The van der Waals surface area contributed by atoms with Crippen molar-refractivity contribution < 1.29 is 23.9 Å². The predicted octanol–water partition coefficient (Wildman–Crippen LogP) is 4.49. The monoisotopic (exact) mass is 456 g/mol. The molecule has 1 aliphatic heterocycles. The number of benzene rings is 3. The topological polar surface area (TPSA) is 93.7 Å². The van der Waals surface area contributed by atoms with Gasteiger partial charge in [-0.2, -0.15) is 0 Å². The highest BCUT2D eigenvalue weighted by atomic mass is 16.5. The van der Waals surface area contributed by atoms with Gasteiger partial charge in [-0.1, -0.05) is 30.3 Å². The van der Waals surface area contributed by atoms with E-state index in [0.29, 0.717) is 29.4 Å². The lowest BCUT2D eigenvalue weighted by molar-refractivity contribution is -0.118. The van der Waals surface area contributed by atoms with Crippen LogP contribution in [0.3, 0.4) is 0 Å². The van der Waals surface area contributed by atoms with E-state index in [9.17, 15) is 14.4 Å². The lowest BCUT2D eigenvalue weighted by Gasteiger charge is -2.12. The number of nitrogens with one attached hydrogen (secondary N) is 2. The van der Waals surface area contributed by atoms with Crippen LogP contribution in [0.4, 0.5) is 11.4 Å². The van der Waals surface area contributed by atoms with Crippen molar-refractivity contribution in [2.24, 2.45) is 0 Å². The number of ether oxygens (including phenoxy) is 2. The van der Waals surface area contributed by atoms with Crippen molar-refractivity contribution in [2.75, 3.05) is 23.8 Å². The first kappa shape index (κ1) is 22.8. The summed E-state index contributed by atoms with van der Waals surface area (Å²) >= 11 is 0. The van der Waals surface area contributed by atoms with Gasteiger partial charge in [0.25, 0.3) is 5.91 Å². The predicted molar refractivity (Wildman–Crippen MR) is 130 cm³/mol. The average Bonchev–Trinajstić information content (AvgIpc) is 3.22. The molecule has 3 aromatic rings. The number of para-hydroxylation sites is 1. The molecule has 7 heteroatoms. The lowest BCUT2D eigenvalue weighted by Crippen LogP contribution is -2.20. The number of allylic oxidation sites excluding steroid dienone is 1. The normalized spacial score (nSPS) is 12.2. The molecule has 0 radical (unpaired) electrons. The molecule has 0 fully saturated rings. The molecule has 2 N–H and O–H groups in total. The van der Waals surface area contributed by atoms with Crippen LogP contribution in [0.25, 0.3) is 6.08 Å². The van der Waals surface area contributed by atoms with Gasteiger partial charge in [-0.05, 0) is 66.6 Å². The van der Waals surface area contributed by atoms with Crippen LogP contribution >= 0.6 is 0 Å². The summed E-state index contributed by atoms with van der Waals surface area (Å²) in [6.07, 6.45) is 3.45. The highest BCUT2D eigenvalue weighted by Gasteiger charge is 2.18. The van der Waals surface area contributed by atoms with Gasteiger partial charge in [-0.25, -0.2) is 0 Å². The minimum atomic E-state index is -0.283. The molecule has 4 rings (SSSR count). The van der Waals surface area contributed by atoms with Gasteiger partial charge in [0.15, 0.2) is 23.9 Å². The number of fused-ring (bicyclic) bond motifs is 1. The third-order valence-corrected chi connectivity index (χ3v) is 5.13. The molecule has 0 saturated carbocycles. The average molecular weight is 456 g/mol. The summed E-state index contributed by atoms with van der Waals surface area (Å²) in [7, 11) is 0. The highest BCUT2D eigenvalue weighted by Crippen LogP contribution is 2.29. The van der Waals surface area contributed by atoms with Gasteiger partial charge < -0.3 is 20.1 Å². The molecule has 172 valence electrons. The zero-order valence-corrected chi connectivity index (χ0v) is 18.7. The van der Waals surface area contributed by atoms with Gasteiger partial charge in [0.2, 0.25) is 5.91 Å². The second-order valence-electron chi connectivity index (χ2n) is 7.64. The maximum absolute atomic E-state index is 12.6. The number of hydrogen-bond donors (Lipinski definition) is 2. The van der Waals surface area contributed by atoms with Crippen LogP contribution in [0.1, 0.15) is 28.4 Å². The summed E-state index contributed by atoms with van der Waals surface area (Å²) < 4.78 is 11.3. The van der Waals surface area contributed by atoms with Gasteiger partial charge in [0.1, 0.15) is 0 Å². The summed E-state index contributed by atoms with van der Waals surface area (Å²) in [6, 6.07) is 19.6. The second kappa shape index (κ2) is 10.5. The second-order valence-corrected chi connectivity index (χ2v) is 7.64. The van der Waals surface area contributed by atoms with Crippen LogP contribution < -0.4 is 20.1 Å². The first-order valence-electron chi connectivity index (χ1n) is 10.9. The number of hydrogen-bond acceptors (Lipinski definition) is 5. The standard InChI is InChI=1S/C27H24N2O5/c1-2-33-25-14-18(8-12-23(30)19-10-11-22-20(15-19)16-26(31)29-22)9-13-24(25)34-17-27(32)28-21-6-4-3-5-7-21/h3-15H,2,16-17H2,1H3,(H,28,32)(H,29,31)/b12-8+. The Morgan fingerprint density at radius 2 is 1.82 bits per heavy atom. The Kier molecular flexibility index (Phi) is 7.03. The molecule has 1 aliphatic rings. The zero-order valence-electron chi connectivity index (χ0n) is 18.7. The molecule has 0 bridgehead atoms. The quantitative estimate of drug-likeness (QED) is 0.365. The van der Waals surface area contributed by atoms with E-state index in [2.05, 4.69) is 10.6 Å². The van der Waals surface area contributed by atoms with Crippen LogP contribution in [-0.4, -0.2) is 30.8 Å². The van der Waals surface area contributed by atoms with Crippen LogP contribution in [0.15, 0.2) is 72.8 Å². The fraction of sp³-hybridized carbons (Fsp3) is 0.148. The van der Waals surface area contributed by atoms with Crippen LogP contribution in [0, 0.1) is 0 Å². The van der Waals surface area contributed by atoms with E-state index in [0.717, 1.165) is 16.8 Å². The van der Waals surface area contributed by atoms with Crippen LogP contribution in [0.5, 0.6) is 11.5 Å². The van der Waals surface area contributed by atoms with Crippen molar-refractivity contribution >= 4 is 35.0 Å². The summed E-state index contributed by atoms with van der Waals surface area (Å²) in [5, 5.41) is 5.52. The molecule has 34 heavy (non-hydrogen) atoms. The largest absolute Gasteiger partial charge is 0.490 e. The molecule has 0 aliphatic carbocycles. The molecule has 0 aromatic heterocycles. The van der Waals surface area contributed by atoms with Gasteiger partial charge in [0.05, 0.1) is 13.0 Å². The first-order chi connectivity index (χ1) is 16.5. The molecule has 0 atom stereocenters. The number of ketones is 1. The van der Waals surface area contributed by atoms with Gasteiger partial charge in [0, 0.05) is 16.9 Å². The molecular formula is C27H24N2O5. The molecule has 2 amide bonds. The first-order valence-corrected chi connectivity index (χ1v) is 10.9. The minimum Gasteiger partial charge on any atom is -0.490 e. The number of amides is 2. The summed E-state index contributed by atoms with van der Waals surface area (Å²) in [5.41, 5.74) is 3.52. The third-order valence-electron chi connectivity index (χ3n) is 5.13. The molecule has 7 nitrogen and oxygen atoms in total. The smallest absolute Gasteiger partial charge is 0.262 e. The third kappa shape index (κ3) is 5.69. The number of carbonyl (C=O) groups excluding carboxylic acids is 3. The Morgan fingerprint density at radius 1 is 1.00 bits per heavy atom. The van der Waals surface area contributed by atoms with E-state index in [1.54, 1.807) is 54.6 Å². The SMILES string of the molecule is CCOc1cc(/C=C/C(=O)c2ccc3c(c2)CC(=O)N3)ccc1OCC(=O)Nc1ccccc1. The minimum absolute atomic E-state index is 0.0709. The molecule has 3 aromatic carbocycles. The molecule has 0 spiro atoms. The lowest BCUT2D eigenvalue weighted by atomic mass is 10.0. The molecular weight excluding hydrogens is 432 g/mol. The highest BCUT2D eigenvalue weighted by molar-refractivity contribution is 6.08. The van der Waals surface area contributed by atoms with Crippen molar-refractivity contribution in [2.45, 2.75) is 13.3 Å². The summed E-state index contributed by atoms with van der Waals surface area (Å²) in [4.78, 5) is 36.3. The van der Waals surface area contributed by atoms with Crippen molar-refractivity contribution in [1.82, 2.24) is 0 Å². The van der Waals surface area contributed by atoms with E-state index in [1.165, 1.54) is 6.08 Å². The van der Waals surface area contributed by atoms with Crippen LogP contribution in [0.2, 0.25) is 0 Å². The summed E-state index contributed by atoms with van der Waals surface area (Å²) in [5.74, 6) is 0.391. The maximum atomic E-state index is 12.6. The van der Waals surface area contributed by atoms with Crippen molar-refractivity contribution in [1.29, 1.82) is 0 Å². The Hall–Kier alpha value is -4.39.